The van der Waals surface area contributed by atoms with Gasteiger partial charge in [-0.15, -0.1) is 0 Å². The number of pyridine rings is 1. The van der Waals surface area contributed by atoms with Gasteiger partial charge >= 0.3 is 0 Å². The minimum Gasteiger partial charge on any atom is -0.304 e. The first-order valence-electron chi connectivity index (χ1n) is 7.54. The maximum absolute atomic E-state index is 12.8. The lowest BCUT2D eigenvalue weighted by Gasteiger charge is -2.13. The molecule has 1 aliphatic rings. The zero-order chi connectivity index (χ0) is 16.0. The highest BCUT2D eigenvalue weighted by Crippen LogP contribution is 2.28. The van der Waals surface area contributed by atoms with Crippen molar-refractivity contribution in [3.05, 3.63) is 42.1 Å². The first kappa shape index (κ1) is 14.3. The molecule has 120 valence electrons. The van der Waals surface area contributed by atoms with Crippen molar-refractivity contribution in [2.45, 2.75) is 30.7 Å². The van der Waals surface area contributed by atoms with Crippen molar-refractivity contribution in [1.82, 2.24) is 19.2 Å². The summed E-state index contributed by atoms with van der Waals surface area (Å²) in [5.74, 6) is 0. The molecule has 8 heteroatoms. The molecule has 0 saturated heterocycles. The standard InChI is InChI=1S/C15H17N5O2S/c1-19-15(13-4-2-3-5-14(13)17-19)23(21,22)18-11-6-7-12-8-16-10-20(12)9-11/h6-10,18H,2-5H2,1H3. The molecule has 0 radical (unpaired) electrons. The molecule has 4 rings (SSSR count). The van der Waals surface area contributed by atoms with Crippen LogP contribution in [0.3, 0.4) is 0 Å². The first-order chi connectivity index (χ1) is 11.0. The van der Waals surface area contributed by atoms with E-state index in [2.05, 4.69) is 14.8 Å². The number of imidazole rings is 1. The molecule has 0 amide bonds. The highest BCUT2D eigenvalue weighted by Gasteiger charge is 2.28. The van der Waals surface area contributed by atoms with Gasteiger partial charge in [-0.1, -0.05) is 0 Å². The van der Waals surface area contributed by atoms with E-state index in [1.54, 1.807) is 36.2 Å². The van der Waals surface area contributed by atoms with E-state index in [0.29, 0.717) is 5.69 Å². The summed E-state index contributed by atoms with van der Waals surface area (Å²) in [5, 5.41) is 4.66. The van der Waals surface area contributed by atoms with Crippen LogP contribution in [0.5, 0.6) is 0 Å². The Labute approximate surface area is 134 Å². The van der Waals surface area contributed by atoms with E-state index in [1.807, 2.05) is 6.07 Å². The Balaban J connectivity index is 1.74. The van der Waals surface area contributed by atoms with Crippen LogP contribution in [0.2, 0.25) is 0 Å². The molecule has 0 bridgehead atoms. The zero-order valence-electron chi connectivity index (χ0n) is 12.7. The van der Waals surface area contributed by atoms with E-state index < -0.39 is 10.0 Å². The Morgan fingerprint density at radius 2 is 2.04 bits per heavy atom. The molecule has 0 spiro atoms. The summed E-state index contributed by atoms with van der Waals surface area (Å²) in [5.41, 5.74) is 3.17. The lowest BCUT2D eigenvalue weighted by molar-refractivity contribution is 0.579. The van der Waals surface area contributed by atoms with Crippen LogP contribution in [0.25, 0.3) is 5.52 Å². The number of nitrogens with zero attached hydrogens (tertiary/aromatic N) is 4. The number of sulfonamides is 1. The van der Waals surface area contributed by atoms with Crippen molar-refractivity contribution in [3.63, 3.8) is 0 Å². The molecule has 0 aromatic carbocycles. The number of anilines is 1. The van der Waals surface area contributed by atoms with Gasteiger partial charge < -0.3 is 4.40 Å². The summed E-state index contributed by atoms with van der Waals surface area (Å²) in [4.78, 5) is 4.03. The monoisotopic (exact) mass is 331 g/mol. The van der Waals surface area contributed by atoms with Crippen LogP contribution in [-0.4, -0.2) is 27.6 Å². The molecular formula is C15H17N5O2S. The van der Waals surface area contributed by atoms with Crippen LogP contribution in [0.1, 0.15) is 24.1 Å². The average molecular weight is 331 g/mol. The van der Waals surface area contributed by atoms with Crippen LogP contribution in [0.4, 0.5) is 5.69 Å². The van der Waals surface area contributed by atoms with E-state index in [-0.39, 0.29) is 5.03 Å². The second-order valence-corrected chi connectivity index (χ2v) is 7.41. The largest absolute Gasteiger partial charge is 0.304 e. The summed E-state index contributed by atoms with van der Waals surface area (Å²) in [6.45, 7) is 0. The fourth-order valence-electron chi connectivity index (χ4n) is 3.17. The molecular weight excluding hydrogens is 314 g/mol. The van der Waals surface area contributed by atoms with Gasteiger partial charge in [-0.3, -0.25) is 9.40 Å². The van der Waals surface area contributed by atoms with Crippen molar-refractivity contribution in [2.75, 3.05) is 4.72 Å². The average Bonchev–Trinajstić information content (AvgIpc) is 3.09. The molecule has 3 aromatic rings. The van der Waals surface area contributed by atoms with Crippen molar-refractivity contribution in [2.24, 2.45) is 7.05 Å². The van der Waals surface area contributed by atoms with Gasteiger partial charge in [0.05, 0.1) is 29.4 Å². The number of aromatic nitrogens is 4. The van der Waals surface area contributed by atoms with Gasteiger partial charge in [0.25, 0.3) is 10.0 Å². The molecule has 3 aromatic heterocycles. The van der Waals surface area contributed by atoms with Crippen LogP contribution in [0.15, 0.2) is 35.9 Å². The quantitative estimate of drug-likeness (QED) is 0.793. The fraction of sp³-hybridized carbons (Fsp3) is 0.333. The van der Waals surface area contributed by atoms with Gasteiger partial charge in [-0.2, -0.15) is 13.5 Å². The Bertz CT molecular complexity index is 987. The molecule has 0 saturated carbocycles. The van der Waals surface area contributed by atoms with Gasteiger partial charge in [-0.25, -0.2) is 4.98 Å². The Kier molecular flexibility index (Phi) is 3.15. The SMILES string of the molecule is Cn1nc2c(c1S(=O)(=O)Nc1ccc3cncn3c1)CCCC2. The molecule has 0 atom stereocenters. The summed E-state index contributed by atoms with van der Waals surface area (Å²) in [7, 11) is -1.99. The minimum absolute atomic E-state index is 0.276. The van der Waals surface area contributed by atoms with Gasteiger partial charge in [0.2, 0.25) is 0 Å². The predicted molar refractivity (Wildman–Crippen MR) is 85.9 cm³/mol. The van der Waals surface area contributed by atoms with Gasteiger partial charge in [0, 0.05) is 18.8 Å². The molecule has 1 aliphatic carbocycles. The predicted octanol–water partition coefficient (Wildman–Crippen LogP) is 1.75. The van der Waals surface area contributed by atoms with Crippen molar-refractivity contribution >= 4 is 21.2 Å². The Morgan fingerprint density at radius 3 is 2.91 bits per heavy atom. The van der Waals surface area contributed by atoms with Crippen molar-refractivity contribution < 1.29 is 8.42 Å². The number of fused-ring (bicyclic) bond motifs is 2. The maximum atomic E-state index is 12.8. The molecule has 3 heterocycles. The second kappa shape index (κ2) is 5.09. The van der Waals surface area contributed by atoms with E-state index in [0.717, 1.165) is 42.5 Å². The highest BCUT2D eigenvalue weighted by atomic mass is 32.2. The second-order valence-electron chi connectivity index (χ2n) is 5.81. The van der Waals surface area contributed by atoms with Crippen LogP contribution >= 0.6 is 0 Å². The number of hydrogen-bond acceptors (Lipinski definition) is 4. The molecule has 23 heavy (non-hydrogen) atoms. The third kappa shape index (κ3) is 2.39. The third-order valence-electron chi connectivity index (χ3n) is 4.18. The maximum Gasteiger partial charge on any atom is 0.279 e. The Hall–Kier alpha value is -2.35. The van der Waals surface area contributed by atoms with Gasteiger partial charge in [-0.05, 0) is 37.8 Å². The van der Waals surface area contributed by atoms with Gasteiger partial charge in [0.1, 0.15) is 0 Å². The zero-order valence-corrected chi connectivity index (χ0v) is 13.5. The van der Waals surface area contributed by atoms with Crippen LogP contribution < -0.4 is 4.72 Å². The summed E-state index contributed by atoms with van der Waals surface area (Å²) in [6.07, 6.45) is 8.74. The number of aryl methyl sites for hydroxylation is 2. The lowest BCUT2D eigenvalue weighted by Crippen LogP contribution is -2.19. The van der Waals surface area contributed by atoms with Crippen molar-refractivity contribution in [1.29, 1.82) is 0 Å². The third-order valence-corrected chi connectivity index (χ3v) is 5.70. The van der Waals surface area contributed by atoms with Crippen LogP contribution in [-0.2, 0) is 29.9 Å². The normalized spacial score (nSPS) is 14.8. The smallest absolute Gasteiger partial charge is 0.279 e. The topological polar surface area (TPSA) is 81.3 Å². The van der Waals surface area contributed by atoms with Gasteiger partial charge in [0.15, 0.2) is 5.03 Å². The molecule has 0 unspecified atom stereocenters. The molecule has 0 aliphatic heterocycles. The number of hydrogen-bond donors (Lipinski definition) is 1. The Morgan fingerprint density at radius 1 is 1.22 bits per heavy atom. The molecule has 1 N–H and O–H groups in total. The molecule has 0 fully saturated rings. The summed E-state index contributed by atoms with van der Waals surface area (Å²) in [6, 6.07) is 3.56. The first-order valence-corrected chi connectivity index (χ1v) is 9.02. The molecule has 7 nitrogen and oxygen atoms in total. The fourth-order valence-corrected chi connectivity index (χ4v) is 4.63. The number of nitrogens with one attached hydrogen (secondary N) is 1. The summed E-state index contributed by atoms with van der Waals surface area (Å²) < 4.78 is 31.6. The summed E-state index contributed by atoms with van der Waals surface area (Å²) >= 11 is 0. The van der Waals surface area contributed by atoms with Crippen molar-refractivity contribution in [3.8, 4) is 0 Å². The highest BCUT2D eigenvalue weighted by molar-refractivity contribution is 7.92. The number of rotatable bonds is 3. The van der Waals surface area contributed by atoms with E-state index in [1.165, 1.54) is 4.68 Å². The van der Waals surface area contributed by atoms with E-state index >= 15 is 0 Å². The lowest BCUT2D eigenvalue weighted by atomic mass is 9.99. The van der Waals surface area contributed by atoms with E-state index in [9.17, 15) is 8.42 Å². The van der Waals surface area contributed by atoms with Crippen LogP contribution in [0, 0.1) is 0 Å². The van der Waals surface area contributed by atoms with E-state index in [4.69, 9.17) is 0 Å². The minimum atomic E-state index is -3.68.